The molecule has 2 aromatic heterocycles. The van der Waals surface area contributed by atoms with E-state index in [1.165, 1.54) is 31.3 Å². The van der Waals surface area contributed by atoms with E-state index in [2.05, 4.69) is 25.2 Å². The van der Waals surface area contributed by atoms with E-state index >= 15 is 0 Å². The van der Waals surface area contributed by atoms with Gasteiger partial charge in [0.25, 0.3) is 5.78 Å². The number of anilines is 2. The Bertz CT molecular complexity index is 1380. The number of halogens is 2. The monoisotopic (exact) mass is 553 g/mol. The molecule has 2 saturated heterocycles. The topological polar surface area (TPSA) is 98.9 Å². The molecular weight excluding hydrogens is 516 g/mol. The summed E-state index contributed by atoms with van der Waals surface area (Å²) in [7, 11) is 0. The Morgan fingerprint density at radius 1 is 1.12 bits per heavy atom. The van der Waals surface area contributed by atoms with E-state index in [4.69, 9.17) is 4.98 Å². The van der Waals surface area contributed by atoms with Crippen LogP contribution in [0.25, 0.3) is 5.78 Å². The van der Waals surface area contributed by atoms with E-state index < -0.39 is 29.1 Å². The van der Waals surface area contributed by atoms with Gasteiger partial charge in [-0.2, -0.15) is 19.6 Å². The average Bonchev–Trinajstić information content (AvgIpc) is 3.40. The van der Waals surface area contributed by atoms with E-state index in [1.54, 1.807) is 4.52 Å². The number of piperidine rings is 2. The van der Waals surface area contributed by atoms with Crippen molar-refractivity contribution >= 4 is 23.4 Å². The zero-order valence-corrected chi connectivity index (χ0v) is 23.1. The number of rotatable bonds is 7. The second-order valence-corrected chi connectivity index (χ2v) is 12.2. The number of carboxylic acids is 1. The Morgan fingerprint density at radius 2 is 1.90 bits per heavy atom. The van der Waals surface area contributed by atoms with Gasteiger partial charge in [0, 0.05) is 43.4 Å². The highest BCUT2D eigenvalue weighted by Gasteiger charge is 2.49. The van der Waals surface area contributed by atoms with Crippen LogP contribution in [0.1, 0.15) is 64.0 Å². The minimum Gasteiger partial charge on any atom is -0.481 e. The quantitative estimate of drug-likeness (QED) is 0.432. The van der Waals surface area contributed by atoms with E-state index in [9.17, 15) is 18.7 Å². The number of nitrogens with zero attached hydrogens (tertiary/aromatic N) is 6. The number of carboxylic acid groups (broad SMARTS) is 1. The number of fused-ring (bicyclic) bond motifs is 1. The van der Waals surface area contributed by atoms with Gasteiger partial charge < -0.3 is 20.2 Å². The number of benzene rings is 1. The molecule has 2 aliphatic heterocycles. The number of hydrogen-bond acceptors (Lipinski definition) is 7. The first kappa shape index (κ1) is 26.9. The van der Waals surface area contributed by atoms with Crippen molar-refractivity contribution in [2.45, 2.75) is 64.5 Å². The predicted octanol–water partition coefficient (Wildman–Crippen LogP) is 4.76. The first-order chi connectivity index (χ1) is 19.2. The van der Waals surface area contributed by atoms with Crippen molar-refractivity contribution in [1.82, 2.24) is 24.5 Å². The standard InChI is InChI=1S/C29H37F2N7O2/c1-18(23-6-5-21(30)12-24(23)31)34-26-13-25(35-28-32-17-33-38(26)28)36-10-7-19(8-11-36)20-4-3-9-37(16-20)22-14-29(2,15-22)27(39)40/h5-6,12-13,17-20,22,34H,3-4,7-11,14-16H2,1-2H3,(H,39,40)/t18-,20+,22?,29?/m1/s1. The summed E-state index contributed by atoms with van der Waals surface area (Å²) in [4.78, 5) is 25.4. The van der Waals surface area contributed by atoms with Crippen LogP contribution in [0.2, 0.25) is 0 Å². The van der Waals surface area contributed by atoms with Crippen LogP contribution < -0.4 is 10.2 Å². The van der Waals surface area contributed by atoms with Crippen molar-refractivity contribution < 1.29 is 18.7 Å². The van der Waals surface area contributed by atoms with Crippen LogP contribution in [-0.4, -0.2) is 67.8 Å². The van der Waals surface area contributed by atoms with Crippen molar-refractivity contribution in [1.29, 1.82) is 0 Å². The van der Waals surface area contributed by atoms with Crippen molar-refractivity contribution in [3.63, 3.8) is 0 Å². The molecule has 9 nitrogen and oxygen atoms in total. The SMILES string of the molecule is C[C@@H](Nc1cc(N2CCC([C@H]3CCCN(C4CC(C)(C(=O)O)C4)C3)CC2)nc2ncnn12)c1ccc(F)cc1F. The van der Waals surface area contributed by atoms with Crippen LogP contribution in [-0.2, 0) is 4.79 Å². The van der Waals surface area contributed by atoms with Gasteiger partial charge in [0.1, 0.15) is 29.6 Å². The van der Waals surface area contributed by atoms with Gasteiger partial charge in [0.2, 0.25) is 0 Å². The third-order valence-electron chi connectivity index (χ3n) is 9.46. The van der Waals surface area contributed by atoms with Crippen molar-refractivity contribution in [3.05, 3.63) is 47.8 Å². The lowest BCUT2D eigenvalue weighted by atomic mass is 9.65. The fourth-order valence-electron chi connectivity index (χ4n) is 6.99. The lowest BCUT2D eigenvalue weighted by Crippen LogP contribution is -2.56. The number of hydrogen-bond donors (Lipinski definition) is 2. The van der Waals surface area contributed by atoms with Gasteiger partial charge in [-0.3, -0.25) is 4.79 Å². The predicted molar refractivity (Wildman–Crippen MR) is 147 cm³/mol. The maximum absolute atomic E-state index is 14.4. The fraction of sp³-hybridized carbons (Fsp3) is 0.586. The van der Waals surface area contributed by atoms with E-state index in [1.807, 2.05) is 19.9 Å². The zero-order valence-electron chi connectivity index (χ0n) is 23.1. The summed E-state index contributed by atoms with van der Waals surface area (Å²) < 4.78 is 29.4. The van der Waals surface area contributed by atoms with Crippen molar-refractivity contribution in [2.24, 2.45) is 17.3 Å². The molecule has 0 spiro atoms. The van der Waals surface area contributed by atoms with Gasteiger partial charge in [0.15, 0.2) is 0 Å². The molecular formula is C29H37F2N7O2. The Hall–Kier alpha value is -3.34. The maximum atomic E-state index is 14.4. The Morgan fingerprint density at radius 3 is 2.62 bits per heavy atom. The first-order valence-electron chi connectivity index (χ1n) is 14.3. The summed E-state index contributed by atoms with van der Waals surface area (Å²) >= 11 is 0. The van der Waals surface area contributed by atoms with Crippen LogP contribution in [0, 0.1) is 28.9 Å². The smallest absolute Gasteiger partial charge is 0.309 e. The molecule has 0 amide bonds. The highest BCUT2D eigenvalue weighted by atomic mass is 19.1. The molecule has 1 saturated carbocycles. The Balaban J connectivity index is 1.10. The minimum atomic E-state index is -0.668. The van der Waals surface area contributed by atoms with Gasteiger partial charge in [-0.05, 0) is 76.8 Å². The summed E-state index contributed by atoms with van der Waals surface area (Å²) in [5.74, 6) is 1.33. The largest absolute Gasteiger partial charge is 0.481 e. The fourth-order valence-corrected chi connectivity index (χ4v) is 6.99. The molecule has 214 valence electrons. The number of aliphatic carboxylic acids is 1. The number of aromatic nitrogens is 4. The van der Waals surface area contributed by atoms with Crippen molar-refractivity contribution in [3.8, 4) is 0 Å². The molecule has 3 aromatic rings. The van der Waals surface area contributed by atoms with Gasteiger partial charge in [-0.1, -0.05) is 6.07 Å². The molecule has 2 N–H and O–H groups in total. The van der Waals surface area contributed by atoms with E-state index in [0.29, 0.717) is 35.0 Å². The van der Waals surface area contributed by atoms with E-state index in [0.717, 1.165) is 63.7 Å². The molecule has 2 atom stereocenters. The molecule has 4 heterocycles. The third kappa shape index (κ3) is 5.11. The number of nitrogens with one attached hydrogen (secondary N) is 1. The Labute approximate surface area is 232 Å². The number of likely N-dealkylation sites (tertiary alicyclic amines) is 1. The van der Waals surface area contributed by atoms with Crippen LogP contribution in [0.4, 0.5) is 20.4 Å². The molecule has 0 radical (unpaired) electrons. The van der Waals surface area contributed by atoms with Crippen LogP contribution in [0.5, 0.6) is 0 Å². The highest BCUT2D eigenvalue weighted by molar-refractivity contribution is 5.75. The summed E-state index contributed by atoms with van der Waals surface area (Å²) in [6, 6.07) is 5.51. The normalized spacial score (nSPS) is 26.9. The second kappa shape index (κ2) is 10.6. The molecule has 3 aliphatic rings. The molecule has 11 heteroatoms. The molecule has 0 unspecified atom stereocenters. The summed E-state index contributed by atoms with van der Waals surface area (Å²) in [5.41, 5.74) is -0.190. The summed E-state index contributed by atoms with van der Waals surface area (Å²) in [5, 5.41) is 17.1. The average molecular weight is 554 g/mol. The molecule has 40 heavy (non-hydrogen) atoms. The van der Waals surface area contributed by atoms with Crippen LogP contribution >= 0.6 is 0 Å². The molecule has 1 aliphatic carbocycles. The first-order valence-corrected chi connectivity index (χ1v) is 14.3. The summed E-state index contributed by atoms with van der Waals surface area (Å²) in [6.45, 7) is 7.62. The zero-order chi connectivity index (χ0) is 28.0. The van der Waals surface area contributed by atoms with Crippen molar-refractivity contribution in [2.75, 3.05) is 36.4 Å². The number of carbonyl (C=O) groups is 1. The minimum absolute atomic E-state index is 0.366. The van der Waals surface area contributed by atoms with Gasteiger partial charge >= 0.3 is 5.97 Å². The molecule has 1 aromatic carbocycles. The lowest BCUT2D eigenvalue weighted by molar-refractivity contribution is -0.158. The summed E-state index contributed by atoms with van der Waals surface area (Å²) in [6.07, 6.45) is 7.53. The van der Waals surface area contributed by atoms with Gasteiger partial charge in [-0.25, -0.2) is 8.78 Å². The lowest BCUT2D eigenvalue weighted by Gasteiger charge is -2.51. The van der Waals surface area contributed by atoms with Gasteiger partial charge in [-0.15, -0.1) is 0 Å². The highest BCUT2D eigenvalue weighted by Crippen LogP contribution is 2.45. The Kier molecular flexibility index (Phi) is 7.10. The van der Waals surface area contributed by atoms with Gasteiger partial charge in [0.05, 0.1) is 11.5 Å². The second-order valence-electron chi connectivity index (χ2n) is 12.2. The molecule has 3 fully saturated rings. The van der Waals surface area contributed by atoms with Crippen LogP contribution in [0.3, 0.4) is 0 Å². The van der Waals surface area contributed by atoms with Crippen LogP contribution in [0.15, 0.2) is 30.6 Å². The molecule has 6 rings (SSSR count). The third-order valence-corrected chi connectivity index (χ3v) is 9.46. The molecule has 0 bridgehead atoms. The maximum Gasteiger partial charge on any atom is 0.309 e. The van der Waals surface area contributed by atoms with E-state index in [-0.39, 0.29) is 0 Å².